The number of rotatable bonds is 5. The molecule has 0 aliphatic carbocycles. The van der Waals surface area contributed by atoms with Crippen molar-refractivity contribution in [2.75, 3.05) is 25.0 Å². The van der Waals surface area contributed by atoms with Crippen molar-refractivity contribution in [2.45, 2.75) is 32.5 Å². The van der Waals surface area contributed by atoms with Crippen LogP contribution in [0.15, 0.2) is 30.5 Å². The fraction of sp³-hybridized carbons (Fsp3) is 0.444. The topological polar surface area (TPSA) is 54.5 Å². The number of thiazole rings is 1. The summed E-state index contributed by atoms with van der Waals surface area (Å²) in [5.41, 5.74) is 1.13. The lowest BCUT2D eigenvalue weighted by Gasteiger charge is -2.34. The Kier molecular flexibility index (Phi) is 6.06. The number of carbonyl (C=O) groups excluding carboxylic acids is 1. The van der Waals surface area contributed by atoms with Gasteiger partial charge in [0.1, 0.15) is 0 Å². The Morgan fingerprint density at radius 3 is 2.88 bits per heavy atom. The van der Waals surface area contributed by atoms with Gasteiger partial charge in [0.2, 0.25) is 5.91 Å². The number of benzene rings is 1. The molecule has 1 saturated heterocycles. The van der Waals surface area contributed by atoms with Crippen molar-refractivity contribution >= 4 is 34.0 Å². The maximum atomic E-state index is 12.3. The monoisotopic (exact) mass is 379 g/mol. The normalized spacial score (nSPS) is 21.2. The molecule has 1 fully saturated rings. The average molecular weight is 380 g/mol. The van der Waals surface area contributed by atoms with E-state index in [1.54, 1.807) is 6.20 Å². The average Bonchev–Trinajstić information content (AvgIpc) is 2.92. The predicted octanol–water partition coefficient (Wildman–Crippen LogP) is 3.44. The minimum atomic E-state index is -0.0371. The Morgan fingerprint density at radius 1 is 1.40 bits per heavy atom. The smallest absolute Gasteiger partial charge is 0.240 e. The fourth-order valence-electron chi connectivity index (χ4n) is 3.07. The largest absolute Gasteiger partial charge is 0.373 e. The summed E-state index contributed by atoms with van der Waals surface area (Å²) in [4.78, 5) is 19.8. The number of hydrogen-bond acceptors (Lipinski definition) is 5. The zero-order valence-corrected chi connectivity index (χ0v) is 15.9. The highest BCUT2D eigenvalue weighted by atomic mass is 35.5. The van der Waals surface area contributed by atoms with Gasteiger partial charge in [0.05, 0.1) is 18.8 Å². The third kappa shape index (κ3) is 5.51. The number of nitrogens with zero attached hydrogens (tertiary/aromatic N) is 2. The summed E-state index contributed by atoms with van der Waals surface area (Å²) < 4.78 is 5.69. The van der Waals surface area contributed by atoms with Crippen LogP contribution >= 0.6 is 22.9 Å². The minimum Gasteiger partial charge on any atom is -0.373 e. The van der Waals surface area contributed by atoms with Crippen LogP contribution in [-0.4, -0.2) is 47.6 Å². The molecular formula is C18H22ClN3O2S. The highest BCUT2D eigenvalue weighted by Crippen LogP contribution is 2.22. The van der Waals surface area contributed by atoms with Crippen LogP contribution in [-0.2, 0) is 16.0 Å². The Balaban J connectivity index is 1.53. The second-order valence-corrected chi connectivity index (χ2v) is 7.99. The number of aromatic nitrogens is 1. The molecule has 0 unspecified atom stereocenters. The number of carbonyl (C=O) groups is 1. The second kappa shape index (κ2) is 8.27. The Bertz CT molecular complexity index is 727. The van der Waals surface area contributed by atoms with Crippen LogP contribution in [0.2, 0.25) is 5.02 Å². The number of nitrogens with one attached hydrogen (secondary N) is 1. The molecule has 2 aromatic rings. The summed E-state index contributed by atoms with van der Waals surface area (Å²) >= 11 is 7.51. The first-order chi connectivity index (χ1) is 12.0. The Labute approximate surface area is 157 Å². The van der Waals surface area contributed by atoms with Crippen LogP contribution in [0.25, 0.3) is 0 Å². The Morgan fingerprint density at radius 2 is 2.16 bits per heavy atom. The van der Waals surface area contributed by atoms with Crippen molar-refractivity contribution < 1.29 is 9.53 Å². The van der Waals surface area contributed by atoms with E-state index in [1.165, 1.54) is 11.3 Å². The molecule has 1 N–H and O–H groups in total. The van der Waals surface area contributed by atoms with E-state index in [0.717, 1.165) is 35.0 Å². The summed E-state index contributed by atoms with van der Waals surface area (Å²) in [5.74, 6) is -0.0371. The van der Waals surface area contributed by atoms with Crippen molar-refractivity contribution in [2.24, 2.45) is 0 Å². The molecule has 0 saturated carbocycles. The lowest BCUT2D eigenvalue weighted by atomic mass is 10.1. The lowest BCUT2D eigenvalue weighted by Crippen LogP contribution is -2.48. The summed E-state index contributed by atoms with van der Waals surface area (Å²) in [6, 6.07) is 7.77. The number of ether oxygens (including phenoxy) is 1. The zero-order chi connectivity index (χ0) is 17.8. The first-order valence-corrected chi connectivity index (χ1v) is 9.54. The molecule has 0 spiro atoms. The summed E-state index contributed by atoms with van der Waals surface area (Å²) in [7, 11) is 0. The van der Waals surface area contributed by atoms with Gasteiger partial charge in [0.15, 0.2) is 5.13 Å². The molecule has 7 heteroatoms. The molecule has 134 valence electrons. The number of halogens is 1. The van der Waals surface area contributed by atoms with Crippen molar-refractivity contribution in [3.63, 3.8) is 0 Å². The van der Waals surface area contributed by atoms with Gasteiger partial charge in [-0.15, -0.1) is 11.3 Å². The predicted molar refractivity (Wildman–Crippen MR) is 101 cm³/mol. The second-order valence-electron chi connectivity index (χ2n) is 6.44. The lowest BCUT2D eigenvalue weighted by molar-refractivity contribution is -0.121. The molecule has 0 radical (unpaired) electrons. The van der Waals surface area contributed by atoms with Gasteiger partial charge in [-0.25, -0.2) is 4.98 Å². The van der Waals surface area contributed by atoms with Gasteiger partial charge >= 0.3 is 0 Å². The molecule has 2 heterocycles. The van der Waals surface area contributed by atoms with Gasteiger partial charge in [-0.2, -0.15) is 0 Å². The molecule has 1 aliphatic rings. The highest BCUT2D eigenvalue weighted by Gasteiger charge is 2.23. The number of anilines is 1. The van der Waals surface area contributed by atoms with E-state index in [4.69, 9.17) is 16.3 Å². The van der Waals surface area contributed by atoms with E-state index in [9.17, 15) is 4.79 Å². The SMILES string of the molecule is C[C@H]1CN(CC(=O)Nc2ncc(Cc3cccc(Cl)c3)s2)C[C@H](C)O1. The molecular weight excluding hydrogens is 358 g/mol. The molecule has 2 atom stereocenters. The van der Waals surface area contributed by atoms with Crippen LogP contribution in [0, 0.1) is 0 Å². The number of morpholine rings is 1. The number of hydrogen-bond donors (Lipinski definition) is 1. The zero-order valence-electron chi connectivity index (χ0n) is 14.4. The number of amides is 1. The molecule has 5 nitrogen and oxygen atoms in total. The van der Waals surface area contributed by atoms with Crippen molar-refractivity contribution in [1.82, 2.24) is 9.88 Å². The van der Waals surface area contributed by atoms with Crippen molar-refractivity contribution in [1.29, 1.82) is 0 Å². The van der Waals surface area contributed by atoms with Gasteiger partial charge in [-0.1, -0.05) is 23.7 Å². The summed E-state index contributed by atoms with van der Waals surface area (Å²) in [5, 5.41) is 4.26. The Hall–Kier alpha value is -1.47. The fourth-order valence-corrected chi connectivity index (χ4v) is 4.15. The van der Waals surface area contributed by atoms with E-state index in [1.807, 2.05) is 38.1 Å². The van der Waals surface area contributed by atoms with Crippen LogP contribution in [0.4, 0.5) is 5.13 Å². The maximum Gasteiger partial charge on any atom is 0.240 e. The first kappa shape index (κ1) is 18.3. The van der Waals surface area contributed by atoms with E-state index < -0.39 is 0 Å². The molecule has 1 aliphatic heterocycles. The molecule has 25 heavy (non-hydrogen) atoms. The van der Waals surface area contributed by atoms with Gasteiger partial charge in [-0.05, 0) is 31.5 Å². The van der Waals surface area contributed by atoms with Crippen molar-refractivity contribution in [3.8, 4) is 0 Å². The summed E-state index contributed by atoms with van der Waals surface area (Å²) in [6.45, 7) is 5.97. The van der Waals surface area contributed by atoms with Crippen LogP contribution in [0.1, 0.15) is 24.3 Å². The molecule has 0 bridgehead atoms. The van der Waals surface area contributed by atoms with E-state index in [-0.39, 0.29) is 18.1 Å². The summed E-state index contributed by atoms with van der Waals surface area (Å²) in [6.07, 6.45) is 2.87. The third-order valence-electron chi connectivity index (χ3n) is 3.93. The van der Waals surface area contributed by atoms with Crippen LogP contribution in [0.3, 0.4) is 0 Å². The van der Waals surface area contributed by atoms with Crippen LogP contribution in [0.5, 0.6) is 0 Å². The van der Waals surface area contributed by atoms with Crippen LogP contribution < -0.4 is 5.32 Å². The standard InChI is InChI=1S/C18H22ClN3O2S/c1-12-9-22(10-13(2)24-12)11-17(23)21-18-20-8-16(25-18)7-14-4-3-5-15(19)6-14/h3-6,8,12-13H,7,9-11H2,1-2H3,(H,20,21,23)/t12-,13-/m0/s1. The van der Waals surface area contributed by atoms with Crippen molar-refractivity contribution in [3.05, 3.63) is 45.9 Å². The molecule has 1 aromatic heterocycles. The van der Waals surface area contributed by atoms with Gasteiger partial charge in [-0.3, -0.25) is 9.69 Å². The van der Waals surface area contributed by atoms with Gasteiger partial charge in [0.25, 0.3) is 0 Å². The van der Waals surface area contributed by atoms with Gasteiger partial charge < -0.3 is 10.1 Å². The molecule has 1 aromatic carbocycles. The van der Waals surface area contributed by atoms with E-state index in [0.29, 0.717) is 11.7 Å². The quantitative estimate of drug-likeness (QED) is 0.864. The molecule has 1 amide bonds. The third-order valence-corrected chi connectivity index (χ3v) is 5.08. The van der Waals surface area contributed by atoms with E-state index in [2.05, 4.69) is 15.2 Å². The van der Waals surface area contributed by atoms with Gasteiger partial charge in [0, 0.05) is 35.6 Å². The maximum absolute atomic E-state index is 12.3. The van der Waals surface area contributed by atoms with E-state index >= 15 is 0 Å². The highest BCUT2D eigenvalue weighted by molar-refractivity contribution is 7.15. The molecule has 3 rings (SSSR count). The first-order valence-electron chi connectivity index (χ1n) is 8.35. The minimum absolute atomic E-state index is 0.0371.